The molecule has 0 bridgehead atoms. The average Bonchev–Trinajstić information content (AvgIpc) is 3.28. The molecule has 0 spiro atoms. The molecule has 2 heterocycles. The monoisotopic (exact) mass is 513 g/mol. The Balaban J connectivity index is 1.56. The minimum Gasteiger partial charge on any atom is -0.383 e. The lowest BCUT2D eigenvalue weighted by atomic mass is 10.1. The van der Waals surface area contributed by atoms with Gasteiger partial charge in [-0.3, -0.25) is 24.0 Å². The largest absolute Gasteiger partial charge is 0.383 e. The van der Waals surface area contributed by atoms with Gasteiger partial charge in [-0.2, -0.15) is 0 Å². The molecule has 5 rings (SSSR count). The van der Waals surface area contributed by atoms with E-state index in [1.807, 2.05) is 78.9 Å². The molecule has 0 aliphatic rings. The average molecular weight is 514 g/mol. The molecule has 8 nitrogen and oxygen atoms in total. The number of amides is 1. The van der Waals surface area contributed by atoms with Crippen molar-refractivity contribution in [3.05, 3.63) is 128 Å². The van der Waals surface area contributed by atoms with E-state index in [-0.39, 0.29) is 36.9 Å². The van der Waals surface area contributed by atoms with Crippen LogP contribution in [0.4, 0.5) is 11.5 Å². The van der Waals surface area contributed by atoms with Crippen LogP contribution >= 0.6 is 11.6 Å². The highest BCUT2D eigenvalue weighted by Gasteiger charge is 2.25. The van der Waals surface area contributed by atoms with Gasteiger partial charge in [-0.25, -0.2) is 4.79 Å². The van der Waals surface area contributed by atoms with Crippen LogP contribution in [-0.4, -0.2) is 20.4 Å². The fourth-order valence-corrected chi connectivity index (χ4v) is 4.52. The Kier molecular flexibility index (Phi) is 6.66. The third kappa shape index (κ3) is 5.19. The summed E-state index contributed by atoms with van der Waals surface area (Å²) in [5.74, 6) is -0.436. The second kappa shape index (κ2) is 10.2. The Morgan fingerprint density at radius 3 is 2.27 bits per heavy atom. The number of rotatable bonds is 7. The molecule has 37 heavy (non-hydrogen) atoms. The van der Waals surface area contributed by atoms with Crippen molar-refractivity contribution in [2.24, 2.45) is 0 Å². The summed E-state index contributed by atoms with van der Waals surface area (Å²) in [7, 11) is 0. The van der Waals surface area contributed by atoms with E-state index < -0.39 is 11.2 Å². The number of H-pyrrole nitrogens is 2. The molecule has 0 atom stereocenters. The highest BCUT2D eigenvalue weighted by atomic mass is 35.5. The summed E-state index contributed by atoms with van der Waals surface area (Å²) in [5.41, 5.74) is 8.12. The predicted octanol–water partition coefficient (Wildman–Crippen LogP) is 4.08. The zero-order valence-corrected chi connectivity index (χ0v) is 20.5. The molecule has 0 saturated carbocycles. The molecule has 1 amide bonds. The van der Waals surface area contributed by atoms with E-state index in [0.717, 1.165) is 22.0 Å². The fourth-order valence-electron chi connectivity index (χ4n) is 4.34. The summed E-state index contributed by atoms with van der Waals surface area (Å²) in [6.07, 6.45) is -0.0180. The first kappa shape index (κ1) is 24.1. The van der Waals surface area contributed by atoms with E-state index in [4.69, 9.17) is 17.3 Å². The zero-order valence-electron chi connectivity index (χ0n) is 19.8. The van der Waals surface area contributed by atoms with Gasteiger partial charge >= 0.3 is 5.69 Å². The Labute approximate surface area is 216 Å². The second-order valence-corrected chi connectivity index (χ2v) is 9.17. The van der Waals surface area contributed by atoms with Gasteiger partial charge in [-0.05, 0) is 35.4 Å². The number of nitrogens with two attached hydrogens (primary N) is 1. The van der Waals surface area contributed by atoms with Crippen LogP contribution < -0.4 is 21.9 Å². The number of aromatic nitrogens is 3. The van der Waals surface area contributed by atoms with Gasteiger partial charge in [-0.1, -0.05) is 72.3 Å². The maximum absolute atomic E-state index is 13.7. The lowest BCUT2D eigenvalue weighted by Gasteiger charge is -2.24. The van der Waals surface area contributed by atoms with Crippen molar-refractivity contribution < 1.29 is 4.79 Å². The molecule has 0 aliphatic heterocycles. The highest BCUT2D eigenvalue weighted by molar-refractivity contribution is 6.31. The number of anilines is 2. The van der Waals surface area contributed by atoms with Gasteiger partial charge in [0.1, 0.15) is 5.82 Å². The molecule has 2 aromatic heterocycles. The number of hydrogen-bond donors (Lipinski definition) is 3. The molecule has 0 saturated heterocycles. The Hall–Kier alpha value is -4.56. The number of aromatic amines is 2. The molecular weight excluding hydrogens is 490 g/mol. The van der Waals surface area contributed by atoms with Crippen LogP contribution in [0.1, 0.15) is 16.8 Å². The van der Waals surface area contributed by atoms with E-state index in [1.54, 1.807) is 6.07 Å². The van der Waals surface area contributed by atoms with Crippen LogP contribution in [0.15, 0.2) is 94.5 Å². The minimum absolute atomic E-state index is 0.0180. The Bertz CT molecular complexity index is 1690. The van der Waals surface area contributed by atoms with Crippen molar-refractivity contribution in [2.45, 2.75) is 19.5 Å². The van der Waals surface area contributed by atoms with Crippen LogP contribution in [0.2, 0.25) is 5.02 Å². The summed E-state index contributed by atoms with van der Waals surface area (Å²) < 4.78 is 1.27. The Morgan fingerprint density at radius 1 is 0.892 bits per heavy atom. The molecule has 0 fully saturated rings. The number of halogens is 1. The van der Waals surface area contributed by atoms with E-state index in [1.165, 1.54) is 9.47 Å². The second-order valence-electron chi connectivity index (χ2n) is 8.73. The third-order valence-electron chi connectivity index (χ3n) is 6.13. The quantitative estimate of drug-likeness (QED) is 0.304. The number of benzene rings is 3. The van der Waals surface area contributed by atoms with Crippen LogP contribution in [0.3, 0.4) is 0 Å². The fraction of sp³-hybridized carbons (Fsp3) is 0.107. The maximum Gasteiger partial charge on any atom is 0.330 e. The number of nitrogens with zero attached hydrogens (tertiary/aromatic N) is 2. The van der Waals surface area contributed by atoms with Crippen molar-refractivity contribution >= 4 is 39.9 Å². The van der Waals surface area contributed by atoms with Crippen LogP contribution in [0, 0.1) is 0 Å². The molecule has 4 N–H and O–H groups in total. The molecule has 0 radical (unpaired) electrons. The molecule has 0 unspecified atom stereocenters. The van der Waals surface area contributed by atoms with Gasteiger partial charge in [0.15, 0.2) is 5.69 Å². The summed E-state index contributed by atoms with van der Waals surface area (Å²) in [6.45, 7) is 0.244. The van der Waals surface area contributed by atoms with Crippen molar-refractivity contribution in [1.82, 2.24) is 14.5 Å². The zero-order chi connectivity index (χ0) is 25.9. The van der Waals surface area contributed by atoms with Gasteiger partial charge < -0.3 is 10.7 Å². The number of hydrogen-bond acceptors (Lipinski definition) is 4. The van der Waals surface area contributed by atoms with Crippen LogP contribution in [0.5, 0.6) is 0 Å². The van der Waals surface area contributed by atoms with Crippen molar-refractivity contribution in [3.8, 4) is 0 Å². The topological polar surface area (TPSA) is 117 Å². The lowest BCUT2D eigenvalue weighted by Crippen LogP contribution is -2.41. The lowest BCUT2D eigenvalue weighted by molar-refractivity contribution is -0.118. The summed E-state index contributed by atoms with van der Waals surface area (Å²) in [4.78, 5) is 46.4. The van der Waals surface area contributed by atoms with E-state index in [2.05, 4.69) is 9.97 Å². The minimum atomic E-state index is -0.723. The van der Waals surface area contributed by atoms with Crippen LogP contribution in [0.25, 0.3) is 10.9 Å². The number of carbonyl (C=O) groups excluding carboxylic acids is 1. The predicted molar refractivity (Wildman–Crippen MR) is 146 cm³/mol. The first-order chi connectivity index (χ1) is 17.9. The van der Waals surface area contributed by atoms with E-state index in [0.29, 0.717) is 10.7 Å². The van der Waals surface area contributed by atoms with Gasteiger partial charge in [0, 0.05) is 21.6 Å². The van der Waals surface area contributed by atoms with Gasteiger partial charge in [0.25, 0.3) is 5.56 Å². The van der Waals surface area contributed by atoms with Crippen molar-refractivity contribution in [3.63, 3.8) is 0 Å². The summed E-state index contributed by atoms with van der Waals surface area (Å²) in [5, 5.41) is 1.47. The van der Waals surface area contributed by atoms with Gasteiger partial charge in [0.2, 0.25) is 5.91 Å². The SMILES string of the molecule is Nc1c(N(Cc2ccccc2)C(=O)Cc2cc3cc(Cl)ccc3[nH]2)c(=O)[nH]c(=O)n1Cc1ccccc1. The standard InChI is InChI=1S/C28H24ClN5O3/c29-21-11-12-23-20(13-21)14-22(31-23)15-24(35)33(16-18-7-3-1-4-8-18)25-26(30)34(28(37)32-27(25)36)17-19-9-5-2-6-10-19/h1-14,31H,15-17,30H2,(H,32,36,37). The molecule has 9 heteroatoms. The van der Waals surface area contributed by atoms with Crippen molar-refractivity contribution in [2.75, 3.05) is 10.6 Å². The smallest absolute Gasteiger partial charge is 0.330 e. The molecular formula is C28H24ClN5O3. The summed E-state index contributed by atoms with van der Waals surface area (Å²) >= 11 is 6.11. The third-order valence-corrected chi connectivity index (χ3v) is 6.37. The van der Waals surface area contributed by atoms with Gasteiger partial charge in [0.05, 0.1) is 19.5 Å². The van der Waals surface area contributed by atoms with Crippen molar-refractivity contribution in [1.29, 1.82) is 0 Å². The number of nitrogens with one attached hydrogen (secondary N) is 2. The molecule has 5 aromatic rings. The van der Waals surface area contributed by atoms with E-state index in [9.17, 15) is 14.4 Å². The number of nitrogen functional groups attached to an aromatic ring is 1. The normalized spacial score (nSPS) is 11.1. The Morgan fingerprint density at radius 2 is 1.57 bits per heavy atom. The number of carbonyl (C=O) groups is 1. The van der Waals surface area contributed by atoms with E-state index >= 15 is 0 Å². The molecule has 186 valence electrons. The molecule has 0 aliphatic carbocycles. The van der Waals surface area contributed by atoms with Gasteiger partial charge in [-0.15, -0.1) is 0 Å². The van der Waals surface area contributed by atoms with Crippen LogP contribution in [-0.2, 0) is 24.3 Å². The maximum atomic E-state index is 13.7. The summed E-state index contributed by atoms with van der Waals surface area (Å²) in [6, 6.07) is 25.8. The first-order valence-electron chi connectivity index (χ1n) is 11.7. The molecule has 3 aromatic carbocycles. The highest BCUT2D eigenvalue weighted by Crippen LogP contribution is 2.24. The first-order valence-corrected chi connectivity index (χ1v) is 12.0. The number of fused-ring (bicyclic) bond motifs is 1.